The fourth-order valence-corrected chi connectivity index (χ4v) is 1.80. The van der Waals surface area contributed by atoms with Crippen LogP contribution in [0.4, 0.5) is 0 Å². The first-order valence-corrected chi connectivity index (χ1v) is 6.39. The number of aromatic nitrogens is 4. The lowest BCUT2D eigenvalue weighted by Gasteiger charge is -2.07. The van der Waals surface area contributed by atoms with Gasteiger partial charge in [0.1, 0.15) is 12.2 Å². The SMILES string of the molecule is CCCn1cnnc1CNCc1ccc(OC)nc1. The summed E-state index contributed by atoms with van der Waals surface area (Å²) in [5.41, 5.74) is 1.11. The second-order valence-corrected chi connectivity index (χ2v) is 4.25. The Morgan fingerprint density at radius 2 is 2.21 bits per heavy atom. The molecule has 0 saturated carbocycles. The predicted octanol–water partition coefficient (Wildman–Crippen LogP) is 1.38. The molecule has 0 amide bonds. The summed E-state index contributed by atoms with van der Waals surface area (Å²) in [7, 11) is 1.61. The number of nitrogens with one attached hydrogen (secondary N) is 1. The van der Waals surface area contributed by atoms with Crippen molar-refractivity contribution in [3.63, 3.8) is 0 Å². The Balaban J connectivity index is 1.83. The minimum Gasteiger partial charge on any atom is -0.481 e. The van der Waals surface area contributed by atoms with Gasteiger partial charge in [0.2, 0.25) is 5.88 Å². The zero-order valence-corrected chi connectivity index (χ0v) is 11.3. The summed E-state index contributed by atoms with van der Waals surface area (Å²) >= 11 is 0. The van der Waals surface area contributed by atoms with Crippen molar-refractivity contribution in [3.8, 4) is 5.88 Å². The van der Waals surface area contributed by atoms with E-state index in [9.17, 15) is 0 Å². The number of hydrogen-bond donors (Lipinski definition) is 1. The van der Waals surface area contributed by atoms with Crippen molar-refractivity contribution in [3.05, 3.63) is 36.0 Å². The molecule has 102 valence electrons. The van der Waals surface area contributed by atoms with E-state index in [1.165, 1.54) is 0 Å². The normalized spacial score (nSPS) is 10.6. The van der Waals surface area contributed by atoms with Crippen LogP contribution in [-0.2, 0) is 19.6 Å². The molecule has 2 aromatic rings. The summed E-state index contributed by atoms with van der Waals surface area (Å²) in [4.78, 5) is 4.16. The molecular weight excluding hydrogens is 242 g/mol. The second-order valence-electron chi connectivity index (χ2n) is 4.25. The molecule has 0 aromatic carbocycles. The van der Waals surface area contributed by atoms with E-state index in [4.69, 9.17) is 4.74 Å². The van der Waals surface area contributed by atoms with Crippen molar-refractivity contribution in [2.75, 3.05) is 7.11 Å². The van der Waals surface area contributed by atoms with Crippen molar-refractivity contribution in [2.45, 2.75) is 33.0 Å². The molecular formula is C13H19N5O. The van der Waals surface area contributed by atoms with Gasteiger partial charge in [-0.3, -0.25) is 0 Å². The summed E-state index contributed by atoms with van der Waals surface area (Å²) < 4.78 is 7.09. The highest BCUT2D eigenvalue weighted by atomic mass is 16.5. The summed E-state index contributed by atoms with van der Waals surface area (Å²) in [6.45, 7) is 4.54. The standard InChI is InChI=1S/C13H19N5O/c1-3-6-18-10-16-17-12(18)9-14-7-11-4-5-13(19-2)15-8-11/h4-5,8,10,14H,3,6-7,9H2,1-2H3. The lowest BCUT2D eigenvalue weighted by molar-refractivity contribution is 0.397. The number of hydrogen-bond acceptors (Lipinski definition) is 5. The molecule has 0 spiro atoms. The van der Waals surface area contributed by atoms with Crippen molar-refractivity contribution >= 4 is 0 Å². The third kappa shape index (κ3) is 3.75. The maximum absolute atomic E-state index is 5.02. The highest BCUT2D eigenvalue weighted by Gasteiger charge is 2.03. The number of ether oxygens (including phenoxy) is 1. The highest BCUT2D eigenvalue weighted by Crippen LogP contribution is 2.06. The fraction of sp³-hybridized carbons (Fsp3) is 0.462. The van der Waals surface area contributed by atoms with Crippen LogP contribution in [0, 0.1) is 0 Å². The Hall–Kier alpha value is -1.95. The fourth-order valence-electron chi connectivity index (χ4n) is 1.80. The third-order valence-corrected chi connectivity index (χ3v) is 2.78. The van der Waals surface area contributed by atoms with Gasteiger partial charge < -0.3 is 14.6 Å². The largest absolute Gasteiger partial charge is 0.481 e. The number of rotatable bonds is 7. The Bertz CT molecular complexity index is 494. The van der Waals surface area contributed by atoms with Crippen LogP contribution in [0.5, 0.6) is 5.88 Å². The zero-order chi connectivity index (χ0) is 13.5. The molecule has 0 aliphatic rings. The Morgan fingerprint density at radius 3 is 2.89 bits per heavy atom. The monoisotopic (exact) mass is 261 g/mol. The lowest BCUT2D eigenvalue weighted by Crippen LogP contribution is -2.16. The van der Waals surface area contributed by atoms with Gasteiger partial charge in [0.05, 0.1) is 13.7 Å². The quantitative estimate of drug-likeness (QED) is 0.815. The van der Waals surface area contributed by atoms with Crippen LogP contribution in [-0.4, -0.2) is 26.9 Å². The Labute approximate surface area is 112 Å². The molecule has 0 atom stereocenters. The van der Waals surface area contributed by atoms with Gasteiger partial charge in [-0.05, 0) is 12.0 Å². The minimum absolute atomic E-state index is 0.631. The lowest BCUT2D eigenvalue weighted by atomic mass is 10.3. The van der Waals surface area contributed by atoms with E-state index in [2.05, 4.69) is 32.0 Å². The number of nitrogens with zero attached hydrogens (tertiary/aromatic N) is 4. The van der Waals surface area contributed by atoms with Crippen LogP contribution in [0.2, 0.25) is 0 Å². The van der Waals surface area contributed by atoms with E-state index in [1.54, 1.807) is 13.4 Å². The average Bonchev–Trinajstić information content (AvgIpc) is 2.88. The molecule has 0 fully saturated rings. The van der Waals surface area contributed by atoms with E-state index < -0.39 is 0 Å². The topological polar surface area (TPSA) is 64.9 Å². The summed E-state index contributed by atoms with van der Waals surface area (Å²) in [5, 5.41) is 11.4. The molecule has 0 aliphatic carbocycles. The van der Waals surface area contributed by atoms with Gasteiger partial charge in [-0.1, -0.05) is 13.0 Å². The first-order valence-electron chi connectivity index (χ1n) is 6.39. The van der Waals surface area contributed by atoms with E-state index in [1.807, 2.05) is 18.3 Å². The van der Waals surface area contributed by atoms with Gasteiger partial charge >= 0.3 is 0 Å². The molecule has 2 aromatic heterocycles. The number of pyridine rings is 1. The highest BCUT2D eigenvalue weighted by molar-refractivity contribution is 5.17. The van der Waals surface area contributed by atoms with Crippen LogP contribution in [0.3, 0.4) is 0 Å². The molecule has 0 radical (unpaired) electrons. The third-order valence-electron chi connectivity index (χ3n) is 2.78. The van der Waals surface area contributed by atoms with Crippen LogP contribution in [0.1, 0.15) is 24.7 Å². The molecule has 0 unspecified atom stereocenters. The van der Waals surface area contributed by atoms with Crippen molar-refractivity contribution in [1.82, 2.24) is 25.1 Å². The maximum atomic E-state index is 5.02. The zero-order valence-electron chi connectivity index (χ0n) is 11.3. The van der Waals surface area contributed by atoms with E-state index in [0.29, 0.717) is 12.4 Å². The first kappa shape index (κ1) is 13.5. The summed E-state index contributed by atoms with van der Waals surface area (Å²) in [6.07, 6.45) is 4.66. The number of aryl methyl sites for hydroxylation is 1. The minimum atomic E-state index is 0.631. The molecule has 1 N–H and O–H groups in total. The number of methoxy groups -OCH3 is 1. The smallest absolute Gasteiger partial charge is 0.212 e. The molecule has 6 nitrogen and oxygen atoms in total. The first-order chi connectivity index (χ1) is 9.33. The maximum Gasteiger partial charge on any atom is 0.212 e. The Morgan fingerprint density at radius 1 is 1.32 bits per heavy atom. The Kier molecular flexibility index (Phi) is 4.85. The molecule has 2 heterocycles. The van der Waals surface area contributed by atoms with Gasteiger partial charge in [-0.2, -0.15) is 0 Å². The van der Waals surface area contributed by atoms with Crippen LogP contribution >= 0.6 is 0 Å². The van der Waals surface area contributed by atoms with Gasteiger partial charge in [0.15, 0.2) is 0 Å². The van der Waals surface area contributed by atoms with Crippen LogP contribution in [0.15, 0.2) is 24.7 Å². The van der Waals surface area contributed by atoms with E-state index in [0.717, 1.165) is 30.9 Å². The van der Waals surface area contributed by atoms with E-state index >= 15 is 0 Å². The van der Waals surface area contributed by atoms with Gasteiger partial charge in [0.25, 0.3) is 0 Å². The van der Waals surface area contributed by atoms with Crippen LogP contribution in [0.25, 0.3) is 0 Å². The summed E-state index contributed by atoms with van der Waals surface area (Å²) in [5.74, 6) is 1.59. The van der Waals surface area contributed by atoms with Crippen molar-refractivity contribution < 1.29 is 4.74 Å². The van der Waals surface area contributed by atoms with Gasteiger partial charge in [0, 0.05) is 25.4 Å². The molecule has 0 bridgehead atoms. The molecule has 0 aliphatic heterocycles. The van der Waals surface area contributed by atoms with Crippen molar-refractivity contribution in [1.29, 1.82) is 0 Å². The molecule has 19 heavy (non-hydrogen) atoms. The average molecular weight is 261 g/mol. The van der Waals surface area contributed by atoms with E-state index in [-0.39, 0.29) is 0 Å². The molecule has 0 saturated heterocycles. The van der Waals surface area contributed by atoms with Gasteiger partial charge in [-0.25, -0.2) is 4.98 Å². The van der Waals surface area contributed by atoms with Crippen molar-refractivity contribution in [2.24, 2.45) is 0 Å². The van der Waals surface area contributed by atoms with Crippen LogP contribution < -0.4 is 10.1 Å². The van der Waals surface area contributed by atoms with Gasteiger partial charge in [-0.15, -0.1) is 10.2 Å². The predicted molar refractivity (Wildman–Crippen MR) is 71.6 cm³/mol. The molecule has 2 rings (SSSR count). The summed E-state index contributed by atoms with van der Waals surface area (Å²) in [6, 6.07) is 3.85. The second kappa shape index (κ2) is 6.84. The molecule has 6 heteroatoms.